The molecule has 0 saturated heterocycles. The van der Waals surface area contributed by atoms with Crippen LogP contribution in [0.4, 0.5) is 0 Å². The molecule has 2 unspecified atom stereocenters. The summed E-state index contributed by atoms with van der Waals surface area (Å²) in [5.41, 5.74) is 0.401. The minimum absolute atomic E-state index is 0. The molecule has 0 radical (unpaired) electrons. The average Bonchev–Trinajstić information content (AvgIpc) is 2.37. The number of rotatable bonds is 7. The van der Waals surface area contributed by atoms with Gasteiger partial charge in [-0.25, -0.2) is 0 Å². The van der Waals surface area contributed by atoms with Crippen molar-refractivity contribution < 1.29 is 44.7 Å². The molecule has 2 atom stereocenters. The van der Waals surface area contributed by atoms with E-state index < -0.39 is 0 Å². The van der Waals surface area contributed by atoms with Gasteiger partial charge in [-0.1, -0.05) is 32.3 Å². The van der Waals surface area contributed by atoms with Gasteiger partial charge in [0.1, 0.15) is 0 Å². The number of Topliss-reactive ketones (excluding diaryl/α,β-unsaturated/α-hetero) is 1. The summed E-state index contributed by atoms with van der Waals surface area (Å²) in [6.07, 6.45) is 2.91. The van der Waals surface area contributed by atoms with Gasteiger partial charge in [-0.2, -0.15) is 11.8 Å². The summed E-state index contributed by atoms with van der Waals surface area (Å²) in [7, 11) is 0. The van der Waals surface area contributed by atoms with E-state index in [1.807, 2.05) is 18.7 Å². The number of nitrogens with zero attached hydrogens (tertiary/aromatic N) is 1. The second-order valence-corrected chi connectivity index (χ2v) is 7.01. The molecule has 0 heterocycles. The molecule has 1 aliphatic carbocycles. The van der Waals surface area contributed by atoms with Crippen LogP contribution in [0.5, 0.6) is 0 Å². The number of allylic oxidation sites excluding steroid dienone is 2. The first kappa shape index (κ1) is 21.0. The van der Waals surface area contributed by atoms with E-state index in [0.717, 1.165) is 18.6 Å². The summed E-state index contributed by atoms with van der Waals surface area (Å²) in [5.74, 6) is 0.877. The van der Waals surface area contributed by atoms with Crippen LogP contribution >= 0.6 is 11.8 Å². The molecule has 4 nitrogen and oxygen atoms in total. The SMILES string of the molecule is CCC/C(=N/O)C1=C([O-])CC(CC(C)SCC)CC1=O.[Na+]. The minimum atomic E-state index is -0.152. The number of thioether (sulfide) groups is 1. The van der Waals surface area contributed by atoms with E-state index in [9.17, 15) is 9.90 Å². The third-order valence-electron chi connectivity index (χ3n) is 3.52. The number of hydrogen-bond donors (Lipinski definition) is 1. The Balaban J connectivity index is 0.00000400. The first-order chi connectivity index (χ1) is 9.53. The first-order valence-electron chi connectivity index (χ1n) is 7.29. The van der Waals surface area contributed by atoms with E-state index in [-0.39, 0.29) is 58.3 Å². The third kappa shape index (κ3) is 6.35. The molecule has 1 N–H and O–H groups in total. The summed E-state index contributed by atoms with van der Waals surface area (Å²) in [6.45, 7) is 6.18. The second kappa shape index (κ2) is 10.7. The molecule has 0 aromatic heterocycles. The van der Waals surface area contributed by atoms with Gasteiger partial charge < -0.3 is 10.3 Å². The van der Waals surface area contributed by atoms with Crippen molar-refractivity contribution in [2.75, 3.05) is 5.75 Å². The molecule has 1 aliphatic rings. The van der Waals surface area contributed by atoms with Crippen LogP contribution in [0.15, 0.2) is 16.5 Å². The van der Waals surface area contributed by atoms with E-state index in [1.54, 1.807) is 0 Å². The standard InChI is InChI=1S/C15H25NO3S.Na/c1-4-6-12(16-19)15-13(17)8-11(9-14(15)18)7-10(3)20-5-2;/h10-11,17,19H,4-9H2,1-3H3;/q;+1/p-1/b16-12-;. The van der Waals surface area contributed by atoms with Gasteiger partial charge in [-0.05, 0) is 30.9 Å². The topological polar surface area (TPSA) is 72.7 Å². The Kier molecular flexibility index (Phi) is 10.7. The van der Waals surface area contributed by atoms with Crippen LogP contribution in [0, 0.1) is 5.92 Å². The van der Waals surface area contributed by atoms with Gasteiger partial charge in [0.15, 0.2) is 5.78 Å². The van der Waals surface area contributed by atoms with Gasteiger partial charge in [0.05, 0.1) is 5.71 Å². The minimum Gasteiger partial charge on any atom is -0.875 e. The van der Waals surface area contributed by atoms with E-state index in [4.69, 9.17) is 5.21 Å². The molecule has 0 amide bonds. The molecule has 21 heavy (non-hydrogen) atoms. The maximum absolute atomic E-state index is 12.2. The van der Waals surface area contributed by atoms with Crippen molar-refractivity contribution in [1.82, 2.24) is 0 Å². The monoisotopic (exact) mass is 321 g/mol. The number of oxime groups is 1. The van der Waals surface area contributed by atoms with Crippen LogP contribution < -0.4 is 34.7 Å². The summed E-state index contributed by atoms with van der Waals surface area (Å²) < 4.78 is 0. The fourth-order valence-corrected chi connectivity index (χ4v) is 3.71. The van der Waals surface area contributed by atoms with Gasteiger partial charge in [-0.15, -0.1) is 5.76 Å². The second-order valence-electron chi connectivity index (χ2n) is 5.29. The molecule has 0 aliphatic heterocycles. The van der Waals surface area contributed by atoms with Crippen LogP contribution in [0.3, 0.4) is 0 Å². The Morgan fingerprint density at radius 2 is 2.14 bits per heavy atom. The first-order valence-corrected chi connectivity index (χ1v) is 8.34. The van der Waals surface area contributed by atoms with Crippen molar-refractivity contribution in [3.8, 4) is 0 Å². The predicted molar refractivity (Wildman–Crippen MR) is 81.1 cm³/mol. The molecule has 0 fully saturated rings. The molecular weight excluding hydrogens is 297 g/mol. The number of carbonyl (C=O) groups is 1. The quantitative estimate of drug-likeness (QED) is 0.304. The van der Waals surface area contributed by atoms with Gasteiger partial charge in [0, 0.05) is 17.2 Å². The van der Waals surface area contributed by atoms with Gasteiger partial charge in [0.2, 0.25) is 0 Å². The van der Waals surface area contributed by atoms with Gasteiger partial charge in [0.25, 0.3) is 0 Å². The third-order valence-corrected chi connectivity index (χ3v) is 4.61. The van der Waals surface area contributed by atoms with Crippen molar-refractivity contribution in [3.63, 3.8) is 0 Å². The van der Waals surface area contributed by atoms with Crippen molar-refractivity contribution in [1.29, 1.82) is 0 Å². The van der Waals surface area contributed by atoms with Crippen molar-refractivity contribution >= 4 is 23.3 Å². The molecule has 1 rings (SSSR count). The van der Waals surface area contributed by atoms with Crippen molar-refractivity contribution in [2.45, 2.75) is 58.1 Å². The smallest absolute Gasteiger partial charge is 0.875 e. The fraction of sp³-hybridized carbons (Fsp3) is 0.733. The van der Waals surface area contributed by atoms with Crippen molar-refractivity contribution in [3.05, 3.63) is 11.3 Å². The Morgan fingerprint density at radius 1 is 1.48 bits per heavy atom. The zero-order valence-electron chi connectivity index (χ0n) is 13.5. The molecule has 0 aromatic carbocycles. The molecule has 0 spiro atoms. The Labute approximate surface area is 153 Å². The maximum Gasteiger partial charge on any atom is 1.00 e. The average molecular weight is 321 g/mol. The molecule has 0 bridgehead atoms. The molecule has 114 valence electrons. The molecule has 6 heteroatoms. The van der Waals surface area contributed by atoms with Crippen molar-refractivity contribution in [2.24, 2.45) is 11.1 Å². The molecule has 0 saturated carbocycles. The number of carbonyl (C=O) groups excluding carboxylic acids is 1. The van der Waals surface area contributed by atoms with E-state index in [2.05, 4.69) is 19.0 Å². The normalized spacial score (nSPS) is 21.2. The number of ketones is 1. The summed E-state index contributed by atoms with van der Waals surface area (Å²) in [5, 5.41) is 24.8. The summed E-state index contributed by atoms with van der Waals surface area (Å²) in [4.78, 5) is 12.2. The zero-order valence-corrected chi connectivity index (χ0v) is 16.3. The Hall–Kier alpha value is 0.0300. The van der Waals surface area contributed by atoms with Gasteiger partial charge in [-0.3, -0.25) is 4.79 Å². The molecular formula is C15H24NNaO3S. The van der Waals surface area contributed by atoms with Crippen LogP contribution in [0.1, 0.15) is 52.9 Å². The Morgan fingerprint density at radius 3 is 2.62 bits per heavy atom. The maximum atomic E-state index is 12.2. The fourth-order valence-electron chi connectivity index (χ4n) is 2.73. The number of hydrogen-bond acceptors (Lipinski definition) is 5. The van der Waals surface area contributed by atoms with Crippen LogP contribution in [0.25, 0.3) is 0 Å². The van der Waals surface area contributed by atoms with E-state index in [0.29, 0.717) is 24.5 Å². The van der Waals surface area contributed by atoms with Gasteiger partial charge >= 0.3 is 29.6 Å². The van der Waals surface area contributed by atoms with E-state index >= 15 is 0 Å². The van der Waals surface area contributed by atoms with Crippen LogP contribution in [-0.4, -0.2) is 27.7 Å². The zero-order chi connectivity index (χ0) is 15.1. The largest absolute Gasteiger partial charge is 1.00 e. The molecule has 0 aromatic rings. The van der Waals surface area contributed by atoms with Crippen LogP contribution in [0.2, 0.25) is 0 Å². The van der Waals surface area contributed by atoms with Crippen LogP contribution in [-0.2, 0) is 4.79 Å². The predicted octanol–water partition coefficient (Wildman–Crippen LogP) is -0.254. The summed E-state index contributed by atoms with van der Waals surface area (Å²) in [6, 6.07) is 0. The summed E-state index contributed by atoms with van der Waals surface area (Å²) >= 11 is 1.85. The van der Waals surface area contributed by atoms with E-state index in [1.165, 1.54) is 0 Å². The Bertz CT molecular complexity index is 410.